The van der Waals surface area contributed by atoms with Crippen molar-refractivity contribution in [2.75, 3.05) is 13.1 Å². The number of halogens is 1. The van der Waals surface area contributed by atoms with Gasteiger partial charge < -0.3 is 15.5 Å². The van der Waals surface area contributed by atoms with Crippen LogP contribution in [0.1, 0.15) is 13.8 Å². The van der Waals surface area contributed by atoms with Crippen molar-refractivity contribution < 1.29 is 10.2 Å². The maximum atomic E-state index is 8.72. The monoisotopic (exact) mass is 169 g/mol. The van der Waals surface area contributed by atoms with Gasteiger partial charge in [-0.3, -0.25) is 0 Å². The van der Waals surface area contributed by atoms with Crippen molar-refractivity contribution in [1.82, 2.24) is 5.32 Å². The second kappa shape index (κ2) is 7.28. The van der Waals surface area contributed by atoms with Gasteiger partial charge in [0.15, 0.2) is 0 Å². The average molecular weight is 170 g/mol. The third-order valence-electron chi connectivity index (χ3n) is 0.879. The molecule has 0 rings (SSSR count). The van der Waals surface area contributed by atoms with E-state index in [9.17, 15) is 0 Å². The van der Waals surface area contributed by atoms with Gasteiger partial charge in [0.1, 0.15) is 0 Å². The first-order valence-electron chi connectivity index (χ1n) is 3.19. The fraction of sp³-hybridized carbons (Fsp3) is 1.00. The Morgan fingerprint density at radius 1 is 1.10 bits per heavy atom. The van der Waals surface area contributed by atoms with Crippen molar-refractivity contribution in [1.29, 1.82) is 0 Å². The fourth-order valence-electron chi connectivity index (χ4n) is 0.501. The largest absolute Gasteiger partial charge is 0.392 e. The molecule has 0 aliphatic heterocycles. The van der Waals surface area contributed by atoms with Crippen LogP contribution < -0.4 is 5.32 Å². The molecule has 0 saturated heterocycles. The molecule has 3 N–H and O–H groups in total. The Labute approximate surface area is 67.9 Å². The van der Waals surface area contributed by atoms with Crippen molar-refractivity contribution in [3.63, 3.8) is 0 Å². The lowest BCUT2D eigenvalue weighted by molar-refractivity contribution is 0.164. The zero-order chi connectivity index (χ0) is 7.28. The molecule has 0 aromatic rings. The van der Waals surface area contributed by atoms with Crippen molar-refractivity contribution >= 4 is 12.4 Å². The van der Waals surface area contributed by atoms with Crippen LogP contribution in [-0.2, 0) is 0 Å². The van der Waals surface area contributed by atoms with Gasteiger partial charge in [-0.05, 0) is 13.8 Å². The molecule has 0 aliphatic carbocycles. The predicted molar refractivity (Wildman–Crippen MR) is 43.5 cm³/mol. The van der Waals surface area contributed by atoms with E-state index in [0.29, 0.717) is 13.1 Å². The topological polar surface area (TPSA) is 52.5 Å². The third-order valence-corrected chi connectivity index (χ3v) is 0.879. The Hall–Kier alpha value is 0.170. The summed E-state index contributed by atoms with van der Waals surface area (Å²) < 4.78 is 0. The highest BCUT2D eigenvalue weighted by Crippen LogP contribution is 1.77. The normalized spacial score (nSPS) is 15.6. The Kier molecular flexibility index (Phi) is 9.33. The molecule has 64 valence electrons. The average Bonchev–Trinajstić information content (AvgIpc) is 1.63. The highest BCUT2D eigenvalue weighted by atomic mass is 35.5. The van der Waals surface area contributed by atoms with E-state index in [-0.39, 0.29) is 24.6 Å². The molecular formula is C6H16ClNO2. The van der Waals surface area contributed by atoms with E-state index in [1.54, 1.807) is 13.8 Å². The quantitative estimate of drug-likeness (QED) is 0.545. The summed E-state index contributed by atoms with van der Waals surface area (Å²) in [6.45, 7) is 4.50. The minimum Gasteiger partial charge on any atom is -0.392 e. The summed E-state index contributed by atoms with van der Waals surface area (Å²) in [5.74, 6) is 0. The van der Waals surface area contributed by atoms with Crippen LogP contribution in [-0.4, -0.2) is 35.5 Å². The van der Waals surface area contributed by atoms with Gasteiger partial charge >= 0.3 is 0 Å². The van der Waals surface area contributed by atoms with E-state index in [1.165, 1.54) is 0 Å². The number of aliphatic hydroxyl groups is 2. The molecule has 0 spiro atoms. The molecule has 2 atom stereocenters. The lowest BCUT2D eigenvalue weighted by Crippen LogP contribution is -2.30. The van der Waals surface area contributed by atoms with E-state index in [2.05, 4.69) is 5.32 Å². The van der Waals surface area contributed by atoms with Crippen LogP contribution in [0.4, 0.5) is 0 Å². The molecule has 2 unspecified atom stereocenters. The van der Waals surface area contributed by atoms with Gasteiger partial charge in [-0.1, -0.05) is 0 Å². The third kappa shape index (κ3) is 11.0. The molecule has 3 nitrogen and oxygen atoms in total. The van der Waals surface area contributed by atoms with Crippen LogP contribution in [0.15, 0.2) is 0 Å². The first-order chi connectivity index (χ1) is 4.13. The molecule has 4 heteroatoms. The Morgan fingerprint density at radius 2 is 1.40 bits per heavy atom. The molecule has 10 heavy (non-hydrogen) atoms. The minimum atomic E-state index is -0.330. The van der Waals surface area contributed by atoms with Gasteiger partial charge in [-0.2, -0.15) is 0 Å². The number of aliphatic hydroxyl groups excluding tert-OH is 2. The smallest absolute Gasteiger partial charge is 0.0636 e. The van der Waals surface area contributed by atoms with Crippen LogP contribution in [0.3, 0.4) is 0 Å². The summed E-state index contributed by atoms with van der Waals surface area (Å²) in [5, 5.41) is 20.3. The first kappa shape index (κ1) is 12.8. The van der Waals surface area contributed by atoms with Crippen LogP contribution in [0, 0.1) is 0 Å². The van der Waals surface area contributed by atoms with Crippen molar-refractivity contribution in [2.24, 2.45) is 0 Å². The minimum absolute atomic E-state index is 0. The van der Waals surface area contributed by atoms with Crippen molar-refractivity contribution in [2.45, 2.75) is 26.1 Å². The van der Waals surface area contributed by atoms with Gasteiger partial charge in [-0.25, -0.2) is 0 Å². The van der Waals surface area contributed by atoms with Gasteiger partial charge in [0, 0.05) is 13.1 Å². The molecule has 0 saturated carbocycles. The van der Waals surface area contributed by atoms with Crippen LogP contribution >= 0.6 is 12.4 Å². The Bertz CT molecular complexity index is 60.8. The Balaban J connectivity index is 0. The molecule has 0 radical (unpaired) electrons. The van der Waals surface area contributed by atoms with E-state index >= 15 is 0 Å². The van der Waals surface area contributed by atoms with E-state index in [0.717, 1.165) is 0 Å². The standard InChI is InChI=1S/C6H15NO2.ClH/c1-5(8)3-7-4-6(2)9;/h5-9H,3-4H2,1-2H3;1H. The molecule has 0 bridgehead atoms. The summed E-state index contributed by atoms with van der Waals surface area (Å²) in [5.41, 5.74) is 0. The van der Waals surface area contributed by atoms with E-state index < -0.39 is 0 Å². The first-order valence-corrected chi connectivity index (χ1v) is 3.19. The maximum absolute atomic E-state index is 8.72. The molecule has 0 aliphatic rings. The lowest BCUT2D eigenvalue weighted by Gasteiger charge is -2.07. The van der Waals surface area contributed by atoms with Crippen LogP contribution in [0.25, 0.3) is 0 Å². The van der Waals surface area contributed by atoms with Crippen molar-refractivity contribution in [3.05, 3.63) is 0 Å². The lowest BCUT2D eigenvalue weighted by atomic mass is 10.3. The van der Waals surface area contributed by atoms with Gasteiger partial charge in [0.25, 0.3) is 0 Å². The summed E-state index contributed by atoms with van der Waals surface area (Å²) in [4.78, 5) is 0. The molecule has 0 fully saturated rings. The van der Waals surface area contributed by atoms with Crippen LogP contribution in [0.5, 0.6) is 0 Å². The number of rotatable bonds is 4. The number of nitrogens with one attached hydrogen (secondary N) is 1. The summed E-state index contributed by atoms with van der Waals surface area (Å²) in [7, 11) is 0. The van der Waals surface area contributed by atoms with Crippen LogP contribution in [0.2, 0.25) is 0 Å². The summed E-state index contributed by atoms with van der Waals surface area (Å²) >= 11 is 0. The fourth-order valence-corrected chi connectivity index (χ4v) is 0.501. The highest BCUT2D eigenvalue weighted by molar-refractivity contribution is 5.85. The molecule has 0 aromatic carbocycles. The number of hydrogen-bond donors (Lipinski definition) is 3. The Morgan fingerprint density at radius 3 is 1.60 bits per heavy atom. The summed E-state index contributed by atoms with van der Waals surface area (Å²) in [6.07, 6.45) is -0.660. The van der Waals surface area contributed by atoms with Gasteiger partial charge in [0.05, 0.1) is 12.2 Å². The zero-order valence-corrected chi connectivity index (χ0v) is 7.19. The van der Waals surface area contributed by atoms with Gasteiger partial charge in [0.2, 0.25) is 0 Å². The summed E-state index contributed by atoms with van der Waals surface area (Å²) in [6, 6.07) is 0. The molecular weight excluding hydrogens is 154 g/mol. The predicted octanol–water partition coefficient (Wildman–Crippen LogP) is -0.241. The highest BCUT2D eigenvalue weighted by Gasteiger charge is 1.96. The van der Waals surface area contributed by atoms with Gasteiger partial charge in [-0.15, -0.1) is 12.4 Å². The second-order valence-corrected chi connectivity index (χ2v) is 2.36. The zero-order valence-electron chi connectivity index (χ0n) is 6.37. The van der Waals surface area contributed by atoms with E-state index in [4.69, 9.17) is 10.2 Å². The number of hydrogen-bond acceptors (Lipinski definition) is 3. The van der Waals surface area contributed by atoms with Crippen molar-refractivity contribution in [3.8, 4) is 0 Å². The maximum Gasteiger partial charge on any atom is 0.0636 e. The van der Waals surface area contributed by atoms with E-state index in [1.807, 2.05) is 0 Å². The second-order valence-electron chi connectivity index (χ2n) is 2.36. The molecule has 0 heterocycles. The molecule has 0 aromatic heterocycles. The SMILES string of the molecule is CC(O)CNCC(C)O.Cl. The molecule has 0 amide bonds.